The van der Waals surface area contributed by atoms with Crippen molar-refractivity contribution in [2.45, 2.75) is 19.4 Å². The normalized spacial score (nSPS) is 12.6. The van der Waals surface area contributed by atoms with Crippen LogP contribution in [0.2, 0.25) is 10.0 Å². The van der Waals surface area contributed by atoms with Gasteiger partial charge >= 0.3 is 0 Å². The van der Waals surface area contributed by atoms with E-state index >= 15 is 0 Å². The molecule has 2 aromatic rings. The molecule has 0 aliphatic heterocycles. The number of halogens is 3. The quantitative estimate of drug-likeness (QED) is 0.757. The minimum absolute atomic E-state index is 0.0158. The lowest BCUT2D eigenvalue weighted by Crippen LogP contribution is -2.21. The molecule has 1 unspecified atom stereocenters. The Morgan fingerprint density at radius 1 is 1.32 bits per heavy atom. The molecule has 1 nitrogen and oxygen atoms in total. The molecule has 5 heteroatoms. The van der Waals surface area contributed by atoms with Crippen LogP contribution in [0.3, 0.4) is 0 Å². The number of thiophene rings is 1. The summed E-state index contributed by atoms with van der Waals surface area (Å²) in [7, 11) is 0. The van der Waals surface area contributed by atoms with Gasteiger partial charge in [0.25, 0.3) is 0 Å². The Bertz CT molecular complexity index is 543. The van der Waals surface area contributed by atoms with Gasteiger partial charge in [0.1, 0.15) is 5.82 Å². The van der Waals surface area contributed by atoms with Crippen LogP contribution in [0, 0.1) is 5.82 Å². The van der Waals surface area contributed by atoms with E-state index in [1.165, 1.54) is 17.7 Å². The molecule has 1 heterocycles. The third kappa shape index (κ3) is 3.93. The maximum absolute atomic E-state index is 13.4. The van der Waals surface area contributed by atoms with E-state index in [4.69, 9.17) is 23.2 Å². The molecular weight excluding hydrogens is 304 g/mol. The maximum atomic E-state index is 13.4. The molecule has 0 fully saturated rings. The number of rotatable bonds is 5. The highest BCUT2D eigenvalue weighted by molar-refractivity contribution is 7.07. The largest absolute Gasteiger partial charge is 0.310 e. The zero-order valence-corrected chi connectivity index (χ0v) is 12.7. The average Bonchev–Trinajstić information content (AvgIpc) is 2.86. The number of benzene rings is 1. The van der Waals surface area contributed by atoms with Crippen molar-refractivity contribution in [1.82, 2.24) is 5.32 Å². The van der Waals surface area contributed by atoms with Crippen LogP contribution in [0.4, 0.5) is 4.39 Å². The number of hydrogen-bond donors (Lipinski definition) is 1. The van der Waals surface area contributed by atoms with Gasteiger partial charge in [0, 0.05) is 11.1 Å². The first kappa shape index (κ1) is 14.8. The van der Waals surface area contributed by atoms with Gasteiger partial charge in [0.2, 0.25) is 0 Å². The van der Waals surface area contributed by atoms with Crippen molar-refractivity contribution in [3.05, 3.63) is 55.9 Å². The Balaban J connectivity index is 1.96. The molecule has 102 valence electrons. The number of hydrogen-bond acceptors (Lipinski definition) is 2. The van der Waals surface area contributed by atoms with Gasteiger partial charge in [0.15, 0.2) is 0 Å². The van der Waals surface area contributed by atoms with Crippen LogP contribution >= 0.6 is 34.5 Å². The van der Waals surface area contributed by atoms with E-state index in [-0.39, 0.29) is 11.1 Å². The molecule has 0 saturated heterocycles. The molecule has 2 rings (SSSR count). The summed E-state index contributed by atoms with van der Waals surface area (Å²) in [5.74, 6) is -0.437. The summed E-state index contributed by atoms with van der Waals surface area (Å²) in [6, 6.07) is 4.93. The van der Waals surface area contributed by atoms with Crippen molar-refractivity contribution in [2.24, 2.45) is 0 Å². The standard InChI is InChI=1S/C14H14Cl2FNS/c1-9(18-4-2-10-3-5-19-8-10)11-6-14(17)13(16)7-12(11)15/h3,5-9,18H,2,4H2,1H3. The van der Waals surface area contributed by atoms with E-state index in [0.717, 1.165) is 18.5 Å². The molecule has 0 bridgehead atoms. The lowest BCUT2D eigenvalue weighted by molar-refractivity contribution is 0.567. The summed E-state index contributed by atoms with van der Waals surface area (Å²) in [4.78, 5) is 0. The predicted octanol–water partition coefficient (Wildman–Crippen LogP) is 5.09. The maximum Gasteiger partial charge on any atom is 0.142 e. The minimum Gasteiger partial charge on any atom is -0.310 e. The molecular formula is C14H14Cl2FNS. The van der Waals surface area contributed by atoms with Crippen molar-refractivity contribution in [1.29, 1.82) is 0 Å². The Morgan fingerprint density at radius 3 is 2.79 bits per heavy atom. The van der Waals surface area contributed by atoms with Crippen molar-refractivity contribution in [3.63, 3.8) is 0 Å². The fraction of sp³-hybridized carbons (Fsp3) is 0.286. The van der Waals surface area contributed by atoms with E-state index in [1.807, 2.05) is 6.92 Å². The van der Waals surface area contributed by atoms with Crippen molar-refractivity contribution in [3.8, 4) is 0 Å². The van der Waals surface area contributed by atoms with E-state index in [0.29, 0.717) is 5.02 Å². The molecule has 1 aromatic carbocycles. The SMILES string of the molecule is CC(NCCc1ccsc1)c1cc(F)c(Cl)cc1Cl. The van der Waals surface area contributed by atoms with Crippen LogP contribution in [0.25, 0.3) is 0 Å². The smallest absolute Gasteiger partial charge is 0.142 e. The fourth-order valence-corrected chi connectivity index (χ4v) is 3.10. The first-order valence-electron chi connectivity index (χ1n) is 5.97. The summed E-state index contributed by atoms with van der Waals surface area (Å²) in [6.07, 6.45) is 0.946. The Kier molecular flexibility index (Phi) is 5.22. The average molecular weight is 318 g/mol. The predicted molar refractivity (Wildman–Crippen MR) is 80.9 cm³/mol. The van der Waals surface area contributed by atoms with Gasteiger partial charge in [-0.25, -0.2) is 4.39 Å². The van der Waals surface area contributed by atoms with Gasteiger partial charge in [0.05, 0.1) is 5.02 Å². The lowest BCUT2D eigenvalue weighted by Gasteiger charge is -2.16. The summed E-state index contributed by atoms with van der Waals surface area (Å²) in [6.45, 7) is 2.78. The Morgan fingerprint density at radius 2 is 2.11 bits per heavy atom. The molecule has 0 aliphatic rings. The van der Waals surface area contributed by atoms with Crippen LogP contribution < -0.4 is 5.32 Å². The highest BCUT2D eigenvalue weighted by Crippen LogP contribution is 2.28. The van der Waals surface area contributed by atoms with E-state index in [9.17, 15) is 4.39 Å². The topological polar surface area (TPSA) is 12.0 Å². The Labute approximate surface area is 126 Å². The van der Waals surface area contributed by atoms with Gasteiger partial charge in [-0.05, 0) is 60.0 Å². The number of nitrogens with one attached hydrogen (secondary N) is 1. The summed E-state index contributed by atoms with van der Waals surface area (Å²) in [5, 5.41) is 8.06. The van der Waals surface area contributed by atoms with E-state index in [2.05, 4.69) is 22.1 Å². The van der Waals surface area contributed by atoms with Gasteiger partial charge < -0.3 is 5.32 Å². The lowest BCUT2D eigenvalue weighted by atomic mass is 10.1. The second kappa shape index (κ2) is 6.71. The minimum atomic E-state index is -0.437. The van der Waals surface area contributed by atoms with Gasteiger partial charge in [-0.15, -0.1) is 0 Å². The molecule has 0 spiro atoms. The van der Waals surface area contributed by atoms with Crippen LogP contribution in [0.1, 0.15) is 24.1 Å². The first-order chi connectivity index (χ1) is 9.08. The fourth-order valence-electron chi connectivity index (χ4n) is 1.85. The van der Waals surface area contributed by atoms with Gasteiger partial charge in [-0.3, -0.25) is 0 Å². The zero-order chi connectivity index (χ0) is 13.8. The molecule has 0 aliphatic carbocycles. The highest BCUT2D eigenvalue weighted by atomic mass is 35.5. The van der Waals surface area contributed by atoms with Gasteiger partial charge in [-0.1, -0.05) is 23.2 Å². The van der Waals surface area contributed by atoms with Crippen molar-refractivity contribution >= 4 is 34.5 Å². The molecule has 1 N–H and O–H groups in total. The van der Waals surface area contributed by atoms with Crippen LogP contribution in [0.15, 0.2) is 29.0 Å². The Hall–Kier alpha value is -0.610. The van der Waals surface area contributed by atoms with Crippen LogP contribution in [0.5, 0.6) is 0 Å². The second-order valence-electron chi connectivity index (χ2n) is 4.35. The second-order valence-corrected chi connectivity index (χ2v) is 5.94. The van der Waals surface area contributed by atoms with Crippen LogP contribution in [-0.2, 0) is 6.42 Å². The van der Waals surface area contributed by atoms with Crippen LogP contribution in [-0.4, -0.2) is 6.54 Å². The highest BCUT2D eigenvalue weighted by Gasteiger charge is 2.12. The first-order valence-corrected chi connectivity index (χ1v) is 7.66. The molecule has 0 radical (unpaired) electrons. The summed E-state index contributed by atoms with van der Waals surface area (Å²) in [5.41, 5.74) is 2.03. The third-order valence-corrected chi connectivity index (χ3v) is 4.30. The molecule has 1 atom stereocenters. The van der Waals surface area contributed by atoms with E-state index in [1.54, 1.807) is 11.3 Å². The molecule has 1 aromatic heterocycles. The van der Waals surface area contributed by atoms with Crippen molar-refractivity contribution in [2.75, 3.05) is 6.54 Å². The molecule has 0 amide bonds. The summed E-state index contributed by atoms with van der Waals surface area (Å²) < 4.78 is 13.4. The zero-order valence-electron chi connectivity index (χ0n) is 10.4. The van der Waals surface area contributed by atoms with E-state index < -0.39 is 5.82 Å². The monoisotopic (exact) mass is 317 g/mol. The third-order valence-electron chi connectivity index (χ3n) is 2.95. The molecule has 0 saturated carbocycles. The molecule has 19 heavy (non-hydrogen) atoms. The van der Waals surface area contributed by atoms with Crippen molar-refractivity contribution < 1.29 is 4.39 Å². The summed E-state index contributed by atoms with van der Waals surface area (Å²) >= 11 is 13.5. The van der Waals surface area contributed by atoms with Gasteiger partial charge in [-0.2, -0.15) is 11.3 Å².